The van der Waals surface area contributed by atoms with Gasteiger partial charge >= 0.3 is 0 Å². The molecule has 0 spiro atoms. The molecule has 3 rings (SSSR count). The summed E-state index contributed by atoms with van der Waals surface area (Å²) in [6.45, 7) is 6.98. The van der Waals surface area contributed by atoms with Gasteiger partial charge in [-0.25, -0.2) is 0 Å². The molecule has 7 heteroatoms. The Morgan fingerprint density at radius 1 is 1.00 bits per heavy atom. The average molecular weight is 396 g/mol. The number of fused-ring (bicyclic) bond motifs is 2. The molecule has 0 radical (unpaired) electrons. The van der Waals surface area contributed by atoms with Gasteiger partial charge in [0, 0.05) is 29.8 Å². The minimum atomic E-state index is -0.549. The first-order chi connectivity index (χ1) is 13.9. The maximum Gasteiger partial charge on any atom is 0.224 e. The Bertz CT molecular complexity index is 979. The number of carbonyl (C=O) groups is 3. The molecule has 152 valence electrons. The standard InChI is InChI=1S/C22H24N2O5/c1-3-24(4-2)10-9-23-17(26)12-13-11-16(25)18-19(20(13)27)22(29)15-8-6-5-7-14(15)21(18)28/h5-8,11,25,27H,3-4,9-10,12H2,1-2H3,(H,23,26). The number of phenols is 2. The first-order valence-electron chi connectivity index (χ1n) is 9.64. The first-order valence-corrected chi connectivity index (χ1v) is 9.64. The third-order valence-corrected chi connectivity index (χ3v) is 5.22. The van der Waals surface area contributed by atoms with Crippen molar-refractivity contribution < 1.29 is 24.6 Å². The van der Waals surface area contributed by atoms with Gasteiger partial charge in [0.25, 0.3) is 0 Å². The highest BCUT2D eigenvalue weighted by Crippen LogP contribution is 2.40. The number of likely N-dealkylation sites (N-methyl/N-ethyl adjacent to an activating group) is 1. The van der Waals surface area contributed by atoms with E-state index in [1.165, 1.54) is 18.2 Å². The maximum atomic E-state index is 12.8. The topological polar surface area (TPSA) is 107 Å². The van der Waals surface area contributed by atoms with E-state index in [4.69, 9.17) is 0 Å². The summed E-state index contributed by atoms with van der Waals surface area (Å²) < 4.78 is 0. The zero-order valence-electron chi connectivity index (χ0n) is 16.5. The summed E-state index contributed by atoms with van der Waals surface area (Å²) in [6.07, 6.45) is -0.214. The van der Waals surface area contributed by atoms with Gasteiger partial charge in [-0.15, -0.1) is 0 Å². The molecular weight excluding hydrogens is 372 g/mol. The van der Waals surface area contributed by atoms with Crippen LogP contribution in [-0.4, -0.2) is 58.8 Å². The lowest BCUT2D eigenvalue weighted by atomic mass is 9.82. The van der Waals surface area contributed by atoms with Crippen molar-refractivity contribution in [2.24, 2.45) is 0 Å². The number of phenolic OH excluding ortho intramolecular Hbond substituents is 2. The molecule has 0 fully saturated rings. The second kappa shape index (κ2) is 8.45. The normalized spacial score (nSPS) is 12.7. The van der Waals surface area contributed by atoms with E-state index in [0.29, 0.717) is 13.1 Å². The molecule has 0 saturated carbocycles. The third kappa shape index (κ3) is 3.86. The van der Waals surface area contributed by atoms with E-state index in [0.717, 1.165) is 13.1 Å². The highest BCUT2D eigenvalue weighted by Gasteiger charge is 2.35. The molecule has 2 aromatic carbocycles. The number of amides is 1. The number of ketones is 2. The molecule has 0 unspecified atom stereocenters. The van der Waals surface area contributed by atoms with Crippen LogP contribution in [0.25, 0.3) is 0 Å². The van der Waals surface area contributed by atoms with Gasteiger partial charge in [0.05, 0.1) is 17.5 Å². The molecule has 0 heterocycles. The highest BCUT2D eigenvalue weighted by atomic mass is 16.3. The maximum absolute atomic E-state index is 12.8. The van der Waals surface area contributed by atoms with Gasteiger partial charge in [-0.05, 0) is 19.2 Å². The molecule has 0 saturated heterocycles. The van der Waals surface area contributed by atoms with Crippen molar-refractivity contribution in [3.05, 3.63) is 58.1 Å². The molecule has 2 aromatic rings. The lowest BCUT2D eigenvalue weighted by Crippen LogP contribution is -2.35. The van der Waals surface area contributed by atoms with Crippen LogP contribution in [0, 0.1) is 0 Å². The van der Waals surface area contributed by atoms with Crippen LogP contribution in [0.2, 0.25) is 0 Å². The minimum Gasteiger partial charge on any atom is -0.507 e. The Morgan fingerprint density at radius 3 is 2.17 bits per heavy atom. The largest absolute Gasteiger partial charge is 0.507 e. The van der Waals surface area contributed by atoms with E-state index in [9.17, 15) is 24.6 Å². The summed E-state index contributed by atoms with van der Waals surface area (Å²) in [5, 5.41) is 23.8. The Kier molecular flexibility index (Phi) is 5.98. The molecule has 1 aliphatic carbocycles. The zero-order valence-corrected chi connectivity index (χ0v) is 16.5. The van der Waals surface area contributed by atoms with Crippen molar-refractivity contribution >= 4 is 17.5 Å². The zero-order chi connectivity index (χ0) is 21.1. The number of benzene rings is 2. The van der Waals surface area contributed by atoms with Gasteiger partial charge in [-0.2, -0.15) is 0 Å². The highest BCUT2D eigenvalue weighted by molar-refractivity contribution is 6.30. The van der Waals surface area contributed by atoms with Crippen LogP contribution >= 0.6 is 0 Å². The van der Waals surface area contributed by atoms with E-state index in [-0.39, 0.29) is 40.1 Å². The molecular formula is C22H24N2O5. The van der Waals surface area contributed by atoms with Crippen molar-refractivity contribution in [1.29, 1.82) is 0 Å². The summed E-state index contributed by atoms with van der Waals surface area (Å²) in [4.78, 5) is 40.0. The predicted octanol–water partition coefficient (Wildman–Crippen LogP) is 1.87. The van der Waals surface area contributed by atoms with Crippen LogP contribution in [0.5, 0.6) is 11.5 Å². The summed E-state index contributed by atoms with van der Waals surface area (Å²) in [5.41, 5.74) is -0.0271. The van der Waals surface area contributed by atoms with Gasteiger partial charge in [-0.3, -0.25) is 14.4 Å². The van der Waals surface area contributed by atoms with Crippen LogP contribution in [0.3, 0.4) is 0 Å². The lowest BCUT2D eigenvalue weighted by molar-refractivity contribution is -0.120. The first kappa shape index (κ1) is 20.5. The molecule has 1 aliphatic rings. The fourth-order valence-corrected chi connectivity index (χ4v) is 3.58. The molecule has 0 aromatic heterocycles. The second-order valence-electron chi connectivity index (χ2n) is 6.91. The minimum absolute atomic E-state index is 0.0992. The number of hydrogen-bond acceptors (Lipinski definition) is 6. The van der Waals surface area contributed by atoms with Crippen molar-refractivity contribution in [3.8, 4) is 11.5 Å². The monoisotopic (exact) mass is 396 g/mol. The number of rotatable bonds is 7. The number of aromatic hydroxyl groups is 2. The van der Waals surface area contributed by atoms with E-state index < -0.39 is 23.1 Å². The van der Waals surface area contributed by atoms with E-state index >= 15 is 0 Å². The van der Waals surface area contributed by atoms with Gasteiger partial charge in [0.2, 0.25) is 5.91 Å². The predicted molar refractivity (Wildman–Crippen MR) is 108 cm³/mol. The van der Waals surface area contributed by atoms with Gasteiger partial charge in [-0.1, -0.05) is 38.1 Å². The summed E-state index contributed by atoms with van der Waals surface area (Å²) in [6, 6.07) is 7.44. The molecule has 3 N–H and O–H groups in total. The number of nitrogens with one attached hydrogen (secondary N) is 1. The molecule has 0 aliphatic heterocycles. The fraction of sp³-hybridized carbons (Fsp3) is 0.318. The molecule has 0 atom stereocenters. The van der Waals surface area contributed by atoms with Gasteiger partial charge in [0.15, 0.2) is 11.6 Å². The fourth-order valence-electron chi connectivity index (χ4n) is 3.58. The van der Waals surface area contributed by atoms with Crippen LogP contribution in [0.15, 0.2) is 30.3 Å². The number of nitrogens with zero attached hydrogens (tertiary/aromatic N) is 1. The average Bonchev–Trinajstić information content (AvgIpc) is 2.72. The smallest absolute Gasteiger partial charge is 0.224 e. The van der Waals surface area contributed by atoms with Crippen molar-refractivity contribution in [2.45, 2.75) is 20.3 Å². The molecule has 0 bridgehead atoms. The summed E-state index contributed by atoms with van der Waals surface area (Å²) >= 11 is 0. The lowest BCUT2D eigenvalue weighted by Gasteiger charge is -2.21. The Morgan fingerprint density at radius 2 is 1.59 bits per heavy atom. The van der Waals surface area contributed by atoms with Crippen molar-refractivity contribution in [3.63, 3.8) is 0 Å². The Hall–Kier alpha value is -3.19. The SMILES string of the molecule is CCN(CC)CCNC(=O)Cc1cc(O)c2c(c1O)C(=O)c1ccccc1C2=O. The van der Waals surface area contributed by atoms with Gasteiger partial charge in [0.1, 0.15) is 11.5 Å². The molecule has 29 heavy (non-hydrogen) atoms. The van der Waals surface area contributed by atoms with Gasteiger partial charge < -0.3 is 20.4 Å². The summed E-state index contributed by atoms with van der Waals surface area (Å²) in [5.74, 6) is -2.28. The summed E-state index contributed by atoms with van der Waals surface area (Å²) in [7, 11) is 0. The molecule has 7 nitrogen and oxygen atoms in total. The molecule has 1 amide bonds. The van der Waals surface area contributed by atoms with Crippen molar-refractivity contribution in [1.82, 2.24) is 10.2 Å². The van der Waals surface area contributed by atoms with Crippen molar-refractivity contribution in [2.75, 3.05) is 26.2 Å². The Labute approximate surface area is 169 Å². The van der Waals surface area contributed by atoms with Crippen LogP contribution in [0.4, 0.5) is 0 Å². The third-order valence-electron chi connectivity index (χ3n) is 5.22. The number of hydrogen-bond donors (Lipinski definition) is 3. The van der Waals surface area contributed by atoms with Crippen LogP contribution in [-0.2, 0) is 11.2 Å². The van der Waals surface area contributed by atoms with Crippen LogP contribution in [0.1, 0.15) is 51.3 Å². The van der Waals surface area contributed by atoms with E-state index in [1.807, 2.05) is 13.8 Å². The quantitative estimate of drug-likeness (QED) is 0.527. The van der Waals surface area contributed by atoms with Crippen LogP contribution < -0.4 is 5.32 Å². The second-order valence-corrected chi connectivity index (χ2v) is 6.91. The van der Waals surface area contributed by atoms with E-state index in [1.54, 1.807) is 12.1 Å². The van der Waals surface area contributed by atoms with E-state index in [2.05, 4.69) is 10.2 Å². The Balaban J connectivity index is 1.85. The number of carbonyl (C=O) groups excluding carboxylic acids is 3.